The molecule has 0 spiro atoms. The van der Waals surface area contributed by atoms with Crippen LogP contribution in [0.15, 0.2) is 24.3 Å². The van der Waals surface area contributed by atoms with E-state index in [2.05, 4.69) is 0 Å². The number of carbonyl (C=O) groups excluding carboxylic acids is 1. The standard InChI is InChI=1S/C16H23FN2O2S/c1-11-9-19(16(20)14(18)7-8-22-2)10-15(21-11)12-3-5-13(17)6-4-12/h3-6,11,14-15H,7-10,18H2,1-2H3. The van der Waals surface area contributed by atoms with Gasteiger partial charge in [0.25, 0.3) is 0 Å². The molecule has 1 aliphatic heterocycles. The number of benzene rings is 1. The first-order valence-electron chi connectivity index (χ1n) is 7.45. The summed E-state index contributed by atoms with van der Waals surface area (Å²) in [5.74, 6) is 0.560. The van der Waals surface area contributed by atoms with Crippen molar-refractivity contribution in [1.82, 2.24) is 4.90 Å². The number of thioether (sulfide) groups is 1. The fraction of sp³-hybridized carbons (Fsp3) is 0.562. The lowest BCUT2D eigenvalue weighted by Crippen LogP contribution is -2.51. The summed E-state index contributed by atoms with van der Waals surface area (Å²) in [6.45, 7) is 2.94. The molecule has 1 aromatic rings. The molecule has 1 amide bonds. The van der Waals surface area contributed by atoms with Crippen molar-refractivity contribution >= 4 is 17.7 Å². The quantitative estimate of drug-likeness (QED) is 0.901. The summed E-state index contributed by atoms with van der Waals surface area (Å²) in [4.78, 5) is 14.2. The van der Waals surface area contributed by atoms with E-state index in [9.17, 15) is 9.18 Å². The van der Waals surface area contributed by atoms with E-state index in [1.807, 2.05) is 13.2 Å². The van der Waals surface area contributed by atoms with Crippen LogP contribution in [-0.2, 0) is 9.53 Å². The summed E-state index contributed by atoms with van der Waals surface area (Å²) >= 11 is 1.68. The Morgan fingerprint density at radius 1 is 1.45 bits per heavy atom. The molecule has 1 heterocycles. The molecule has 122 valence electrons. The monoisotopic (exact) mass is 326 g/mol. The molecular weight excluding hydrogens is 303 g/mol. The first-order chi connectivity index (χ1) is 10.5. The lowest BCUT2D eigenvalue weighted by atomic mass is 10.1. The third-order valence-corrected chi connectivity index (χ3v) is 4.41. The topological polar surface area (TPSA) is 55.6 Å². The number of nitrogens with zero attached hydrogens (tertiary/aromatic N) is 1. The van der Waals surface area contributed by atoms with E-state index in [1.165, 1.54) is 12.1 Å². The van der Waals surface area contributed by atoms with Crippen molar-refractivity contribution < 1.29 is 13.9 Å². The van der Waals surface area contributed by atoms with Gasteiger partial charge in [0.2, 0.25) is 5.91 Å². The minimum atomic E-state index is -0.466. The summed E-state index contributed by atoms with van der Waals surface area (Å²) in [5.41, 5.74) is 6.87. The first kappa shape index (κ1) is 17.2. The second-order valence-electron chi connectivity index (χ2n) is 5.62. The molecular formula is C16H23FN2O2S. The molecule has 1 fully saturated rings. The van der Waals surface area contributed by atoms with E-state index in [0.29, 0.717) is 19.5 Å². The molecule has 6 heteroatoms. The van der Waals surface area contributed by atoms with Crippen molar-refractivity contribution in [2.45, 2.75) is 31.6 Å². The maximum atomic E-state index is 13.0. The van der Waals surface area contributed by atoms with Gasteiger partial charge in [-0.15, -0.1) is 0 Å². The van der Waals surface area contributed by atoms with Gasteiger partial charge in [0.05, 0.1) is 18.7 Å². The molecule has 4 nitrogen and oxygen atoms in total. The minimum absolute atomic E-state index is 0.0312. The second-order valence-corrected chi connectivity index (χ2v) is 6.60. The van der Waals surface area contributed by atoms with Crippen LogP contribution in [0.2, 0.25) is 0 Å². The van der Waals surface area contributed by atoms with Crippen LogP contribution in [0.1, 0.15) is 25.0 Å². The van der Waals surface area contributed by atoms with Crippen molar-refractivity contribution in [3.63, 3.8) is 0 Å². The summed E-state index contributed by atoms with van der Waals surface area (Å²) in [7, 11) is 0. The normalized spacial score (nSPS) is 23.4. The number of hydrogen-bond donors (Lipinski definition) is 1. The van der Waals surface area contributed by atoms with Gasteiger partial charge in [0.15, 0.2) is 0 Å². The zero-order valence-electron chi connectivity index (χ0n) is 13.0. The minimum Gasteiger partial charge on any atom is -0.367 e. The summed E-state index contributed by atoms with van der Waals surface area (Å²) in [5, 5.41) is 0. The molecule has 2 rings (SSSR count). The van der Waals surface area contributed by atoms with E-state index in [1.54, 1.807) is 28.8 Å². The Kier molecular flexibility index (Phi) is 6.23. The number of amides is 1. The van der Waals surface area contributed by atoms with Gasteiger partial charge >= 0.3 is 0 Å². The van der Waals surface area contributed by atoms with Crippen LogP contribution in [0.4, 0.5) is 4.39 Å². The summed E-state index contributed by atoms with van der Waals surface area (Å²) in [6.07, 6.45) is 2.37. The molecule has 1 aromatic carbocycles. The van der Waals surface area contributed by atoms with E-state index in [4.69, 9.17) is 10.5 Å². The number of carbonyl (C=O) groups is 1. The number of morpholine rings is 1. The van der Waals surface area contributed by atoms with Crippen LogP contribution in [0.25, 0.3) is 0 Å². The van der Waals surface area contributed by atoms with Gasteiger partial charge in [0, 0.05) is 6.54 Å². The SMILES string of the molecule is CSCCC(N)C(=O)N1CC(C)OC(c2ccc(F)cc2)C1. The molecule has 22 heavy (non-hydrogen) atoms. The number of ether oxygens (including phenoxy) is 1. The molecule has 2 N–H and O–H groups in total. The highest BCUT2D eigenvalue weighted by molar-refractivity contribution is 7.98. The lowest BCUT2D eigenvalue weighted by Gasteiger charge is -2.38. The van der Waals surface area contributed by atoms with Crippen LogP contribution in [0.3, 0.4) is 0 Å². The molecule has 1 aliphatic rings. The molecule has 0 bridgehead atoms. The van der Waals surface area contributed by atoms with Gasteiger partial charge < -0.3 is 15.4 Å². The van der Waals surface area contributed by atoms with Crippen LogP contribution >= 0.6 is 11.8 Å². The Morgan fingerprint density at radius 2 is 2.14 bits per heavy atom. The molecule has 0 radical (unpaired) electrons. The van der Waals surface area contributed by atoms with Gasteiger partial charge in [-0.25, -0.2) is 4.39 Å². The zero-order chi connectivity index (χ0) is 16.1. The Balaban J connectivity index is 2.04. The number of nitrogens with two attached hydrogens (primary N) is 1. The van der Waals surface area contributed by atoms with Crippen molar-refractivity contribution in [3.8, 4) is 0 Å². The maximum Gasteiger partial charge on any atom is 0.239 e. The van der Waals surface area contributed by atoms with Gasteiger partial charge in [-0.1, -0.05) is 12.1 Å². The predicted octanol–water partition coefficient (Wildman–Crippen LogP) is 2.19. The van der Waals surface area contributed by atoms with Gasteiger partial charge in [-0.05, 0) is 43.0 Å². The number of rotatable bonds is 5. The van der Waals surface area contributed by atoms with E-state index in [0.717, 1.165) is 11.3 Å². The number of halogens is 1. The molecule has 0 aromatic heterocycles. The van der Waals surface area contributed by atoms with Crippen molar-refractivity contribution in [2.24, 2.45) is 5.73 Å². The summed E-state index contributed by atoms with van der Waals surface area (Å²) < 4.78 is 18.9. The Hall–Kier alpha value is -1.11. The number of hydrogen-bond acceptors (Lipinski definition) is 4. The lowest BCUT2D eigenvalue weighted by molar-refractivity contribution is -0.146. The second kappa shape index (κ2) is 7.94. The Labute approximate surface area is 135 Å². The van der Waals surface area contributed by atoms with Gasteiger partial charge in [0.1, 0.15) is 11.9 Å². The van der Waals surface area contributed by atoms with E-state index in [-0.39, 0.29) is 23.9 Å². The Bertz CT molecular complexity index is 497. The molecule has 1 saturated heterocycles. The third-order valence-electron chi connectivity index (χ3n) is 3.76. The average Bonchev–Trinajstić information content (AvgIpc) is 2.52. The highest BCUT2D eigenvalue weighted by Gasteiger charge is 2.31. The smallest absolute Gasteiger partial charge is 0.239 e. The average molecular weight is 326 g/mol. The predicted molar refractivity (Wildman–Crippen MR) is 87.2 cm³/mol. The maximum absolute atomic E-state index is 13.0. The van der Waals surface area contributed by atoms with E-state index < -0.39 is 6.04 Å². The molecule has 3 unspecified atom stereocenters. The van der Waals surface area contributed by atoms with Crippen molar-refractivity contribution in [3.05, 3.63) is 35.6 Å². The first-order valence-corrected chi connectivity index (χ1v) is 8.85. The van der Waals surface area contributed by atoms with Crippen molar-refractivity contribution in [1.29, 1.82) is 0 Å². The highest BCUT2D eigenvalue weighted by Crippen LogP contribution is 2.26. The third kappa shape index (κ3) is 4.44. The molecule has 3 atom stereocenters. The van der Waals surface area contributed by atoms with Crippen LogP contribution in [0.5, 0.6) is 0 Å². The van der Waals surface area contributed by atoms with Crippen molar-refractivity contribution in [2.75, 3.05) is 25.1 Å². The zero-order valence-corrected chi connectivity index (χ0v) is 13.8. The largest absolute Gasteiger partial charge is 0.367 e. The highest BCUT2D eigenvalue weighted by atomic mass is 32.2. The molecule has 0 saturated carbocycles. The van der Waals surface area contributed by atoms with E-state index >= 15 is 0 Å². The summed E-state index contributed by atoms with van der Waals surface area (Å²) in [6, 6.07) is 5.76. The van der Waals surface area contributed by atoms with Gasteiger partial charge in [-0.3, -0.25) is 4.79 Å². The van der Waals surface area contributed by atoms with Crippen LogP contribution in [0, 0.1) is 5.82 Å². The molecule has 0 aliphatic carbocycles. The van der Waals surface area contributed by atoms with Crippen LogP contribution < -0.4 is 5.73 Å². The Morgan fingerprint density at radius 3 is 2.77 bits per heavy atom. The van der Waals surface area contributed by atoms with Crippen LogP contribution in [-0.4, -0.2) is 48.1 Å². The van der Waals surface area contributed by atoms with Gasteiger partial charge in [-0.2, -0.15) is 11.8 Å². The fourth-order valence-corrected chi connectivity index (χ4v) is 3.09. The fourth-order valence-electron chi connectivity index (χ4n) is 2.60.